The van der Waals surface area contributed by atoms with Gasteiger partial charge in [0.25, 0.3) is 5.56 Å². The number of rotatable bonds is 5. The first-order chi connectivity index (χ1) is 13.0. The van der Waals surface area contributed by atoms with Crippen LogP contribution in [0.1, 0.15) is 5.69 Å². The Morgan fingerprint density at radius 3 is 2.44 bits per heavy atom. The summed E-state index contributed by atoms with van der Waals surface area (Å²) in [6, 6.07) is 15.6. The number of carbonyl (C=O) groups excluding carboxylic acids is 1. The molecule has 1 heterocycles. The van der Waals surface area contributed by atoms with Gasteiger partial charge in [0.15, 0.2) is 5.16 Å². The Kier molecular flexibility index (Phi) is 6.21. The van der Waals surface area contributed by atoms with Crippen LogP contribution in [-0.4, -0.2) is 21.2 Å². The molecular weight excluding hydrogens is 405 g/mol. The second kappa shape index (κ2) is 8.61. The van der Waals surface area contributed by atoms with E-state index in [2.05, 4.69) is 10.3 Å². The fraction of sp³-hybridized carbons (Fsp3) is 0.105. The Morgan fingerprint density at radius 2 is 1.78 bits per heavy atom. The molecule has 0 aliphatic rings. The van der Waals surface area contributed by atoms with Crippen molar-refractivity contribution in [3.63, 3.8) is 0 Å². The molecule has 0 spiro atoms. The number of halogens is 2. The molecule has 3 aromatic rings. The van der Waals surface area contributed by atoms with Gasteiger partial charge in [0, 0.05) is 11.8 Å². The lowest BCUT2D eigenvalue weighted by Gasteiger charge is -2.13. The summed E-state index contributed by atoms with van der Waals surface area (Å²) < 4.78 is 1.48. The van der Waals surface area contributed by atoms with Gasteiger partial charge in [-0.25, -0.2) is 4.98 Å². The first kappa shape index (κ1) is 19.5. The van der Waals surface area contributed by atoms with Crippen molar-refractivity contribution in [3.8, 4) is 5.69 Å². The van der Waals surface area contributed by atoms with Gasteiger partial charge in [-0.1, -0.05) is 59.2 Å². The quantitative estimate of drug-likeness (QED) is 0.485. The number of aromatic nitrogens is 2. The number of anilines is 1. The van der Waals surface area contributed by atoms with E-state index in [1.807, 2.05) is 30.3 Å². The van der Waals surface area contributed by atoms with Crippen LogP contribution in [0.15, 0.2) is 64.5 Å². The molecule has 0 saturated carbocycles. The number of aryl methyl sites for hydroxylation is 1. The zero-order valence-corrected chi connectivity index (χ0v) is 16.6. The molecule has 1 aromatic heterocycles. The fourth-order valence-corrected chi connectivity index (χ4v) is 3.76. The summed E-state index contributed by atoms with van der Waals surface area (Å²) in [4.78, 5) is 29.2. The van der Waals surface area contributed by atoms with E-state index in [9.17, 15) is 9.59 Å². The highest BCUT2D eigenvalue weighted by atomic mass is 35.5. The third kappa shape index (κ3) is 4.71. The van der Waals surface area contributed by atoms with Gasteiger partial charge in [-0.3, -0.25) is 14.2 Å². The minimum absolute atomic E-state index is 0.0459. The predicted octanol–water partition coefficient (Wildman–Crippen LogP) is 4.58. The normalized spacial score (nSPS) is 10.6. The van der Waals surface area contributed by atoms with Crippen LogP contribution < -0.4 is 10.9 Å². The first-order valence-corrected chi connectivity index (χ1v) is 9.72. The van der Waals surface area contributed by atoms with Crippen molar-refractivity contribution in [2.75, 3.05) is 11.1 Å². The minimum Gasteiger partial charge on any atom is -0.323 e. The van der Waals surface area contributed by atoms with Crippen LogP contribution in [-0.2, 0) is 4.79 Å². The van der Waals surface area contributed by atoms with Gasteiger partial charge in [-0.05, 0) is 31.2 Å². The maximum Gasteiger partial charge on any atom is 0.258 e. The van der Waals surface area contributed by atoms with Crippen LogP contribution >= 0.6 is 35.0 Å². The Hall–Kier alpha value is -2.28. The van der Waals surface area contributed by atoms with Gasteiger partial charge in [-0.2, -0.15) is 0 Å². The van der Waals surface area contributed by atoms with E-state index in [1.54, 1.807) is 25.1 Å². The van der Waals surface area contributed by atoms with E-state index >= 15 is 0 Å². The molecule has 0 unspecified atom stereocenters. The molecule has 8 heteroatoms. The topological polar surface area (TPSA) is 64.0 Å². The number of hydrogen-bond donors (Lipinski definition) is 1. The Labute approximate surface area is 170 Å². The second-order valence-electron chi connectivity index (χ2n) is 5.62. The lowest BCUT2D eigenvalue weighted by atomic mass is 10.3. The van der Waals surface area contributed by atoms with Gasteiger partial charge >= 0.3 is 0 Å². The largest absolute Gasteiger partial charge is 0.323 e. The van der Waals surface area contributed by atoms with Crippen molar-refractivity contribution >= 4 is 46.6 Å². The smallest absolute Gasteiger partial charge is 0.258 e. The zero-order valence-electron chi connectivity index (χ0n) is 14.3. The van der Waals surface area contributed by atoms with Crippen LogP contribution in [0, 0.1) is 6.92 Å². The maximum atomic E-state index is 12.5. The average Bonchev–Trinajstić information content (AvgIpc) is 2.63. The number of nitrogens with one attached hydrogen (secondary N) is 1. The minimum atomic E-state index is -0.301. The van der Waals surface area contributed by atoms with Crippen LogP contribution in [0.4, 0.5) is 5.69 Å². The third-order valence-electron chi connectivity index (χ3n) is 3.59. The summed E-state index contributed by atoms with van der Waals surface area (Å²) in [6.07, 6.45) is 0. The number of amides is 1. The number of nitrogens with zero attached hydrogens (tertiary/aromatic N) is 2. The molecule has 0 atom stereocenters. The van der Waals surface area contributed by atoms with Crippen LogP contribution in [0.5, 0.6) is 0 Å². The lowest BCUT2D eigenvalue weighted by Crippen LogP contribution is -2.22. The molecule has 0 fully saturated rings. The van der Waals surface area contributed by atoms with Crippen LogP contribution in [0.2, 0.25) is 10.0 Å². The van der Waals surface area contributed by atoms with Crippen molar-refractivity contribution in [1.82, 2.24) is 9.55 Å². The van der Waals surface area contributed by atoms with Crippen molar-refractivity contribution in [1.29, 1.82) is 0 Å². The van der Waals surface area contributed by atoms with Gasteiger partial charge in [-0.15, -0.1) is 0 Å². The Balaban J connectivity index is 1.82. The number of para-hydroxylation sites is 2. The first-order valence-electron chi connectivity index (χ1n) is 7.98. The summed E-state index contributed by atoms with van der Waals surface area (Å²) >= 11 is 13.3. The van der Waals surface area contributed by atoms with Crippen molar-refractivity contribution in [3.05, 3.63) is 80.7 Å². The molecule has 27 heavy (non-hydrogen) atoms. The molecule has 2 aromatic carbocycles. The second-order valence-corrected chi connectivity index (χ2v) is 7.38. The summed E-state index contributed by atoms with van der Waals surface area (Å²) in [5.74, 6) is -0.255. The lowest BCUT2D eigenvalue weighted by molar-refractivity contribution is -0.113. The standard InChI is InChI=1S/C19H15Cl2N3O2S/c1-12-10-17(26)24(13-6-3-2-4-7-13)19(22-12)27-11-16(25)23-18-14(20)8-5-9-15(18)21/h2-10H,11H2,1H3,(H,23,25). The molecule has 0 aliphatic heterocycles. The van der Waals surface area contributed by atoms with Crippen molar-refractivity contribution in [2.24, 2.45) is 0 Å². The molecule has 138 valence electrons. The molecule has 0 bridgehead atoms. The van der Waals surface area contributed by atoms with E-state index in [0.717, 1.165) is 11.8 Å². The maximum absolute atomic E-state index is 12.5. The number of hydrogen-bond acceptors (Lipinski definition) is 4. The summed E-state index contributed by atoms with van der Waals surface area (Å²) in [7, 11) is 0. The number of carbonyl (C=O) groups is 1. The third-order valence-corrected chi connectivity index (χ3v) is 5.16. The molecule has 0 radical (unpaired) electrons. The molecule has 1 N–H and O–H groups in total. The fourth-order valence-electron chi connectivity index (χ4n) is 2.41. The van der Waals surface area contributed by atoms with Gasteiger partial charge in [0.05, 0.1) is 27.2 Å². The predicted molar refractivity (Wildman–Crippen MR) is 110 cm³/mol. The molecule has 0 aliphatic carbocycles. The molecule has 5 nitrogen and oxygen atoms in total. The highest BCUT2D eigenvalue weighted by Crippen LogP contribution is 2.30. The summed E-state index contributed by atoms with van der Waals surface area (Å²) in [5.41, 5.74) is 1.44. The van der Waals surface area contributed by atoms with Crippen LogP contribution in [0.25, 0.3) is 5.69 Å². The van der Waals surface area contributed by atoms with E-state index in [1.165, 1.54) is 10.6 Å². The Morgan fingerprint density at radius 1 is 1.11 bits per heavy atom. The SMILES string of the molecule is Cc1cc(=O)n(-c2ccccc2)c(SCC(=O)Nc2c(Cl)cccc2Cl)n1. The summed E-state index contributed by atoms with van der Waals surface area (Å²) in [5, 5.41) is 3.85. The zero-order chi connectivity index (χ0) is 19.4. The van der Waals surface area contributed by atoms with E-state index in [4.69, 9.17) is 23.2 Å². The summed E-state index contributed by atoms with van der Waals surface area (Å²) in [6.45, 7) is 1.74. The van der Waals surface area contributed by atoms with Crippen molar-refractivity contribution in [2.45, 2.75) is 12.1 Å². The van der Waals surface area contributed by atoms with E-state index in [0.29, 0.717) is 32.3 Å². The average molecular weight is 420 g/mol. The van der Waals surface area contributed by atoms with Crippen molar-refractivity contribution < 1.29 is 4.79 Å². The van der Waals surface area contributed by atoms with Gasteiger partial charge in [0.1, 0.15) is 0 Å². The highest BCUT2D eigenvalue weighted by Gasteiger charge is 2.14. The van der Waals surface area contributed by atoms with E-state index < -0.39 is 0 Å². The van der Waals surface area contributed by atoms with E-state index in [-0.39, 0.29) is 17.2 Å². The number of benzene rings is 2. The number of thioether (sulfide) groups is 1. The van der Waals surface area contributed by atoms with Gasteiger partial charge in [0.2, 0.25) is 5.91 Å². The van der Waals surface area contributed by atoms with Crippen LogP contribution in [0.3, 0.4) is 0 Å². The molecule has 0 saturated heterocycles. The van der Waals surface area contributed by atoms with Gasteiger partial charge < -0.3 is 5.32 Å². The Bertz CT molecular complexity index is 1020. The molecule has 1 amide bonds. The monoisotopic (exact) mass is 419 g/mol. The molecular formula is C19H15Cl2N3O2S. The molecule has 3 rings (SSSR count). The highest BCUT2D eigenvalue weighted by molar-refractivity contribution is 7.99.